The highest BCUT2D eigenvalue weighted by Crippen LogP contribution is 2.58. The van der Waals surface area contributed by atoms with Crippen LogP contribution < -0.4 is 0 Å². The van der Waals surface area contributed by atoms with E-state index in [1.807, 2.05) is 0 Å². The van der Waals surface area contributed by atoms with Crippen LogP contribution in [0.15, 0.2) is 81.1 Å². The van der Waals surface area contributed by atoms with E-state index in [9.17, 15) is 0 Å². The fourth-order valence-corrected chi connectivity index (χ4v) is 6.42. The molecule has 5 unspecified atom stereocenters. The highest BCUT2D eigenvalue weighted by molar-refractivity contribution is 14.1. The standard InChI is InChI=1S/C25H27I/c1-25(2)23-14-19(18-8-7-16-5-3-4-6-17(16)13-18)9-11-21(23)22-12-10-20(26)15-24(22)25/h3-12,16-19,24H,13-15H2,1-2H3. The Balaban J connectivity index is 1.42. The zero-order valence-corrected chi connectivity index (χ0v) is 17.8. The molecule has 0 fully saturated rings. The van der Waals surface area contributed by atoms with Crippen molar-refractivity contribution in [1.82, 2.24) is 0 Å². The zero-order valence-electron chi connectivity index (χ0n) is 15.7. The molecule has 0 bridgehead atoms. The van der Waals surface area contributed by atoms with Gasteiger partial charge in [0.15, 0.2) is 0 Å². The monoisotopic (exact) mass is 454 g/mol. The quantitative estimate of drug-likeness (QED) is 0.293. The molecule has 134 valence electrons. The summed E-state index contributed by atoms with van der Waals surface area (Å²) in [5.41, 5.74) is 5.17. The van der Waals surface area contributed by atoms with Gasteiger partial charge in [0.05, 0.1) is 0 Å². The predicted molar refractivity (Wildman–Crippen MR) is 119 cm³/mol. The molecule has 0 aromatic heterocycles. The molecule has 0 N–H and O–H groups in total. The van der Waals surface area contributed by atoms with Gasteiger partial charge in [0.25, 0.3) is 0 Å². The topological polar surface area (TPSA) is 0 Å². The van der Waals surface area contributed by atoms with Gasteiger partial charge < -0.3 is 0 Å². The number of hydrogen-bond acceptors (Lipinski definition) is 0. The fourth-order valence-electron chi connectivity index (χ4n) is 5.80. The van der Waals surface area contributed by atoms with Crippen LogP contribution in [0.25, 0.3) is 0 Å². The summed E-state index contributed by atoms with van der Waals surface area (Å²) >= 11 is 2.52. The molecule has 0 nitrogen and oxygen atoms in total. The molecule has 0 spiro atoms. The number of hydrogen-bond donors (Lipinski definition) is 0. The number of allylic oxidation sites excluding steroid dienone is 14. The molecule has 5 rings (SSSR count). The zero-order chi connectivity index (χ0) is 17.9. The lowest BCUT2D eigenvalue weighted by Crippen LogP contribution is -2.27. The van der Waals surface area contributed by atoms with Crippen LogP contribution in [0.1, 0.15) is 33.1 Å². The van der Waals surface area contributed by atoms with E-state index in [1.165, 1.54) is 22.8 Å². The second kappa shape index (κ2) is 6.22. The Morgan fingerprint density at radius 3 is 2.62 bits per heavy atom. The summed E-state index contributed by atoms with van der Waals surface area (Å²) in [4.78, 5) is 0. The van der Waals surface area contributed by atoms with E-state index in [0.29, 0.717) is 35.0 Å². The van der Waals surface area contributed by atoms with Crippen LogP contribution in [0.5, 0.6) is 0 Å². The first-order chi connectivity index (χ1) is 12.5. The minimum absolute atomic E-state index is 0.295. The van der Waals surface area contributed by atoms with Gasteiger partial charge >= 0.3 is 0 Å². The van der Waals surface area contributed by atoms with Crippen LogP contribution in [-0.4, -0.2) is 0 Å². The van der Waals surface area contributed by atoms with Crippen molar-refractivity contribution in [3.63, 3.8) is 0 Å². The van der Waals surface area contributed by atoms with Gasteiger partial charge in [0.2, 0.25) is 0 Å². The maximum absolute atomic E-state index is 2.53. The number of rotatable bonds is 1. The Morgan fingerprint density at radius 2 is 1.73 bits per heavy atom. The second-order valence-electron chi connectivity index (χ2n) is 9.13. The van der Waals surface area contributed by atoms with E-state index in [2.05, 4.69) is 97.2 Å². The summed E-state index contributed by atoms with van der Waals surface area (Å²) < 4.78 is 1.50. The molecule has 0 aromatic rings. The molecule has 0 aliphatic heterocycles. The van der Waals surface area contributed by atoms with Crippen LogP contribution in [0.2, 0.25) is 0 Å². The number of fused-ring (bicyclic) bond motifs is 3. The van der Waals surface area contributed by atoms with Gasteiger partial charge in [-0.05, 0) is 85.7 Å². The molecule has 0 radical (unpaired) electrons. The van der Waals surface area contributed by atoms with Gasteiger partial charge in [-0.1, -0.05) is 80.2 Å². The summed E-state index contributed by atoms with van der Waals surface area (Å²) in [6, 6.07) is 0. The average molecular weight is 454 g/mol. The van der Waals surface area contributed by atoms with E-state index in [4.69, 9.17) is 0 Å². The van der Waals surface area contributed by atoms with Gasteiger partial charge in [-0.25, -0.2) is 0 Å². The minimum Gasteiger partial charge on any atom is -0.0842 e. The Morgan fingerprint density at radius 1 is 0.885 bits per heavy atom. The molecule has 0 saturated carbocycles. The third-order valence-electron chi connectivity index (χ3n) is 7.43. The van der Waals surface area contributed by atoms with E-state index >= 15 is 0 Å². The fraction of sp³-hybridized carbons (Fsp3) is 0.440. The molecule has 5 aliphatic rings. The Hall–Kier alpha value is -1.09. The van der Waals surface area contributed by atoms with Crippen molar-refractivity contribution in [2.24, 2.45) is 35.0 Å². The molecule has 5 atom stereocenters. The van der Waals surface area contributed by atoms with Gasteiger partial charge in [-0.15, -0.1) is 0 Å². The van der Waals surface area contributed by atoms with Crippen molar-refractivity contribution in [1.29, 1.82) is 0 Å². The Kier molecular flexibility index (Phi) is 4.08. The van der Waals surface area contributed by atoms with Crippen molar-refractivity contribution in [2.75, 3.05) is 0 Å². The third-order valence-corrected chi connectivity index (χ3v) is 8.23. The van der Waals surface area contributed by atoms with Gasteiger partial charge in [-0.2, -0.15) is 0 Å². The maximum atomic E-state index is 2.53. The van der Waals surface area contributed by atoms with Crippen molar-refractivity contribution >= 4 is 22.6 Å². The van der Waals surface area contributed by atoms with E-state index in [1.54, 1.807) is 16.7 Å². The van der Waals surface area contributed by atoms with Crippen LogP contribution >= 0.6 is 22.6 Å². The van der Waals surface area contributed by atoms with Crippen LogP contribution in [-0.2, 0) is 0 Å². The molecule has 0 amide bonds. The van der Waals surface area contributed by atoms with Crippen LogP contribution in [0.3, 0.4) is 0 Å². The maximum Gasteiger partial charge on any atom is 0.00129 e. The summed E-state index contributed by atoms with van der Waals surface area (Å²) in [7, 11) is 0. The summed E-state index contributed by atoms with van der Waals surface area (Å²) in [5, 5.41) is 0. The molecule has 0 aromatic carbocycles. The van der Waals surface area contributed by atoms with Crippen molar-refractivity contribution < 1.29 is 0 Å². The lowest BCUT2D eigenvalue weighted by atomic mass is 9.67. The Bertz CT molecular complexity index is 839. The first kappa shape index (κ1) is 17.0. The summed E-state index contributed by atoms with van der Waals surface area (Å²) in [6.07, 6.45) is 27.7. The van der Waals surface area contributed by atoms with E-state index in [0.717, 1.165) is 0 Å². The first-order valence-corrected chi connectivity index (χ1v) is 11.1. The normalized spacial score (nSPS) is 39.3. The molecular formula is C25H27I. The molecule has 0 heterocycles. The molecular weight excluding hydrogens is 427 g/mol. The largest absolute Gasteiger partial charge is 0.0842 e. The first-order valence-electron chi connectivity index (χ1n) is 10.1. The van der Waals surface area contributed by atoms with Crippen LogP contribution in [0.4, 0.5) is 0 Å². The number of halogens is 1. The van der Waals surface area contributed by atoms with Crippen molar-refractivity contribution in [3.8, 4) is 0 Å². The lowest BCUT2D eigenvalue weighted by molar-refractivity contribution is 0.291. The van der Waals surface area contributed by atoms with Gasteiger partial charge in [0, 0.05) is 5.92 Å². The predicted octanol–water partition coefficient (Wildman–Crippen LogP) is 7.10. The highest BCUT2D eigenvalue weighted by atomic mass is 127. The van der Waals surface area contributed by atoms with E-state index < -0.39 is 0 Å². The molecule has 0 saturated heterocycles. The SMILES string of the molecule is CC1(C)C2=C(C=CC(C3C=CC4C=CC=CC4C3)C2)C2=CC=C(I)CC21. The van der Waals surface area contributed by atoms with Crippen molar-refractivity contribution in [2.45, 2.75) is 33.1 Å². The molecule has 1 heteroatoms. The summed E-state index contributed by atoms with van der Waals surface area (Å²) in [6.45, 7) is 4.97. The van der Waals surface area contributed by atoms with Gasteiger partial charge in [-0.3, -0.25) is 0 Å². The Labute approximate surface area is 171 Å². The lowest BCUT2D eigenvalue weighted by Gasteiger charge is -2.37. The second-order valence-corrected chi connectivity index (χ2v) is 10.5. The third kappa shape index (κ3) is 2.61. The van der Waals surface area contributed by atoms with Gasteiger partial charge in [0.1, 0.15) is 0 Å². The smallest absolute Gasteiger partial charge is 0.00129 e. The van der Waals surface area contributed by atoms with Crippen molar-refractivity contribution in [3.05, 3.63) is 81.1 Å². The molecule has 26 heavy (non-hydrogen) atoms. The highest BCUT2D eigenvalue weighted by Gasteiger charge is 2.46. The van der Waals surface area contributed by atoms with Crippen LogP contribution in [0, 0.1) is 35.0 Å². The minimum atomic E-state index is 0.295. The van der Waals surface area contributed by atoms with E-state index in [-0.39, 0.29) is 0 Å². The average Bonchev–Trinajstić information content (AvgIpc) is 2.88. The molecule has 5 aliphatic carbocycles. The summed E-state index contributed by atoms with van der Waals surface area (Å²) in [5.74, 6) is 3.35.